The van der Waals surface area contributed by atoms with Gasteiger partial charge in [0.1, 0.15) is 11.6 Å². The third kappa shape index (κ3) is 4.29. The van der Waals surface area contributed by atoms with Gasteiger partial charge in [0.2, 0.25) is 0 Å². The molecule has 1 N–H and O–H groups in total. The molecule has 16 heavy (non-hydrogen) atoms. The Morgan fingerprint density at radius 1 is 1.25 bits per heavy atom. The van der Waals surface area contributed by atoms with Crippen LogP contribution in [0.2, 0.25) is 0 Å². The van der Waals surface area contributed by atoms with Crippen LogP contribution in [0.3, 0.4) is 0 Å². The Morgan fingerprint density at radius 3 is 2.69 bits per heavy atom. The van der Waals surface area contributed by atoms with Crippen LogP contribution >= 0.6 is 27.7 Å². The van der Waals surface area contributed by atoms with Crippen LogP contribution < -0.4 is 5.32 Å². The summed E-state index contributed by atoms with van der Waals surface area (Å²) in [5, 5.41) is 2.89. The Labute approximate surface area is 107 Å². The zero-order valence-electron chi connectivity index (χ0n) is 9.03. The summed E-state index contributed by atoms with van der Waals surface area (Å²) in [5.41, 5.74) is 0.227. The van der Waals surface area contributed by atoms with Crippen molar-refractivity contribution in [2.45, 2.75) is 12.8 Å². The lowest BCUT2D eigenvalue weighted by molar-refractivity contribution is 0.596. The number of anilines is 1. The van der Waals surface area contributed by atoms with E-state index in [4.69, 9.17) is 0 Å². The lowest BCUT2D eigenvalue weighted by Gasteiger charge is -2.08. The van der Waals surface area contributed by atoms with Crippen molar-refractivity contribution in [1.82, 2.24) is 0 Å². The molecule has 0 radical (unpaired) electrons. The molecule has 1 nitrogen and oxygen atoms in total. The van der Waals surface area contributed by atoms with Crippen molar-refractivity contribution in [3.05, 3.63) is 28.2 Å². The molecule has 0 fully saturated rings. The summed E-state index contributed by atoms with van der Waals surface area (Å²) in [6.45, 7) is 0.665. The van der Waals surface area contributed by atoms with Gasteiger partial charge >= 0.3 is 0 Å². The first kappa shape index (κ1) is 13.8. The highest BCUT2D eigenvalue weighted by molar-refractivity contribution is 9.10. The minimum Gasteiger partial charge on any atom is -0.383 e. The molecule has 0 aliphatic rings. The summed E-state index contributed by atoms with van der Waals surface area (Å²) < 4.78 is 26.6. The largest absolute Gasteiger partial charge is 0.383 e. The second-order valence-corrected chi connectivity index (χ2v) is 5.21. The lowest BCUT2D eigenvalue weighted by atomic mass is 10.2. The summed E-state index contributed by atoms with van der Waals surface area (Å²) >= 11 is 4.72. The number of halogens is 3. The molecule has 1 aromatic rings. The number of rotatable bonds is 6. The fourth-order valence-corrected chi connectivity index (χ4v) is 2.06. The molecule has 90 valence electrons. The predicted octanol–water partition coefficient (Wildman–Crippen LogP) is 4.28. The maximum Gasteiger partial charge on any atom is 0.147 e. The van der Waals surface area contributed by atoms with Gasteiger partial charge in [0, 0.05) is 12.6 Å². The summed E-state index contributed by atoms with van der Waals surface area (Å²) in [4.78, 5) is 0. The van der Waals surface area contributed by atoms with Gasteiger partial charge in [-0.3, -0.25) is 0 Å². The van der Waals surface area contributed by atoms with Crippen molar-refractivity contribution in [1.29, 1.82) is 0 Å². The maximum atomic E-state index is 13.3. The van der Waals surface area contributed by atoms with Crippen molar-refractivity contribution in [2.75, 3.05) is 23.9 Å². The molecule has 0 saturated carbocycles. The summed E-state index contributed by atoms with van der Waals surface area (Å²) in [6, 6.07) is 2.31. The summed E-state index contributed by atoms with van der Waals surface area (Å²) in [7, 11) is 0. The normalized spacial score (nSPS) is 10.5. The van der Waals surface area contributed by atoms with Gasteiger partial charge in [-0.05, 0) is 46.8 Å². The van der Waals surface area contributed by atoms with Crippen LogP contribution in [0.15, 0.2) is 16.6 Å². The first-order chi connectivity index (χ1) is 7.65. The lowest BCUT2D eigenvalue weighted by Crippen LogP contribution is -2.04. The number of thioether (sulfide) groups is 1. The van der Waals surface area contributed by atoms with Gasteiger partial charge in [-0.15, -0.1) is 0 Å². The molecule has 0 aliphatic heterocycles. The minimum absolute atomic E-state index is 0.151. The first-order valence-corrected chi connectivity index (χ1v) is 7.21. The van der Waals surface area contributed by atoms with Crippen LogP contribution in [-0.4, -0.2) is 18.6 Å². The third-order valence-electron chi connectivity index (χ3n) is 2.10. The van der Waals surface area contributed by atoms with Gasteiger partial charge in [0.05, 0.1) is 10.2 Å². The smallest absolute Gasteiger partial charge is 0.147 e. The Balaban J connectivity index is 2.45. The van der Waals surface area contributed by atoms with Crippen LogP contribution in [0.4, 0.5) is 14.5 Å². The van der Waals surface area contributed by atoms with Crippen molar-refractivity contribution in [3.8, 4) is 0 Å². The van der Waals surface area contributed by atoms with E-state index in [0.29, 0.717) is 6.54 Å². The average molecular weight is 310 g/mol. The fraction of sp³-hybridized carbons (Fsp3) is 0.455. The molecule has 0 unspecified atom stereocenters. The van der Waals surface area contributed by atoms with E-state index in [0.717, 1.165) is 24.7 Å². The monoisotopic (exact) mass is 309 g/mol. The highest BCUT2D eigenvalue weighted by Crippen LogP contribution is 2.23. The standard InChI is InChI=1S/C11H14BrF2NS/c1-16-5-3-2-4-15-11-7-9(13)8(12)6-10(11)14/h6-7,15H,2-5H2,1H3. The molecular formula is C11H14BrF2NS. The van der Waals surface area contributed by atoms with E-state index < -0.39 is 11.6 Å². The summed E-state index contributed by atoms with van der Waals surface area (Å²) in [6.07, 6.45) is 4.09. The van der Waals surface area contributed by atoms with E-state index in [1.807, 2.05) is 0 Å². The van der Waals surface area contributed by atoms with E-state index in [1.54, 1.807) is 11.8 Å². The molecule has 0 aromatic heterocycles. The highest BCUT2D eigenvalue weighted by Gasteiger charge is 2.07. The molecule has 5 heteroatoms. The minimum atomic E-state index is -0.451. The summed E-state index contributed by atoms with van der Waals surface area (Å²) in [5.74, 6) is 0.213. The van der Waals surface area contributed by atoms with E-state index >= 15 is 0 Å². The Kier molecular flexibility index (Phi) is 6.13. The van der Waals surface area contributed by atoms with Crippen LogP contribution in [-0.2, 0) is 0 Å². The Bertz CT molecular complexity index is 347. The van der Waals surface area contributed by atoms with Gasteiger partial charge in [-0.25, -0.2) is 8.78 Å². The fourth-order valence-electron chi connectivity index (χ4n) is 1.25. The Morgan fingerprint density at radius 2 is 2.00 bits per heavy atom. The van der Waals surface area contributed by atoms with Crippen LogP contribution in [0.5, 0.6) is 0 Å². The zero-order valence-corrected chi connectivity index (χ0v) is 11.4. The molecule has 0 saturated heterocycles. The second-order valence-electron chi connectivity index (χ2n) is 3.37. The van der Waals surface area contributed by atoms with Crippen molar-refractivity contribution in [3.63, 3.8) is 0 Å². The molecule has 0 aliphatic carbocycles. The molecule has 1 rings (SSSR count). The van der Waals surface area contributed by atoms with E-state index in [1.165, 1.54) is 6.07 Å². The van der Waals surface area contributed by atoms with E-state index in [9.17, 15) is 8.78 Å². The number of nitrogens with one attached hydrogen (secondary N) is 1. The SMILES string of the molecule is CSCCCCNc1cc(F)c(Br)cc1F. The van der Waals surface area contributed by atoms with Gasteiger partial charge in [-0.1, -0.05) is 0 Å². The molecule has 1 aromatic carbocycles. The van der Waals surface area contributed by atoms with Gasteiger partial charge in [0.25, 0.3) is 0 Å². The van der Waals surface area contributed by atoms with E-state index in [-0.39, 0.29) is 10.2 Å². The second kappa shape index (κ2) is 7.12. The topological polar surface area (TPSA) is 12.0 Å². The molecule has 0 atom stereocenters. The number of hydrogen-bond acceptors (Lipinski definition) is 2. The number of benzene rings is 1. The van der Waals surface area contributed by atoms with Crippen molar-refractivity contribution < 1.29 is 8.78 Å². The average Bonchev–Trinajstić information content (AvgIpc) is 2.25. The Hall–Kier alpha value is -0.290. The quantitative estimate of drug-likeness (QED) is 0.621. The predicted molar refractivity (Wildman–Crippen MR) is 70.2 cm³/mol. The van der Waals surface area contributed by atoms with Gasteiger partial charge < -0.3 is 5.32 Å². The third-order valence-corrected chi connectivity index (χ3v) is 3.41. The first-order valence-electron chi connectivity index (χ1n) is 5.02. The number of unbranched alkanes of at least 4 members (excludes halogenated alkanes) is 1. The highest BCUT2D eigenvalue weighted by atomic mass is 79.9. The molecule has 0 spiro atoms. The molecule has 0 bridgehead atoms. The molecule has 0 heterocycles. The molecule has 0 amide bonds. The number of hydrogen-bond donors (Lipinski definition) is 1. The van der Waals surface area contributed by atoms with Crippen molar-refractivity contribution >= 4 is 33.4 Å². The van der Waals surface area contributed by atoms with E-state index in [2.05, 4.69) is 27.5 Å². The maximum absolute atomic E-state index is 13.3. The van der Waals surface area contributed by atoms with Crippen molar-refractivity contribution in [2.24, 2.45) is 0 Å². The molecular weight excluding hydrogens is 296 g/mol. The van der Waals surface area contributed by atoms with Crippen LogP contribution in [0, 0.1) is 11.6 Å². The van der Waals surface area contributed by atoms with Gasteiger partial charge in [-0.2, -0.15) is 11.8 Å². The zero-order chi connectivity index (χ0) is 12.0. The van der Waals surface area contributed by atoms with Gasteiger partial charge in [0.15, 0.2) is 0 Å². The van der Waals surface area contributed by atoms with Crippen LogP contribution in [0.1, 0.15) is 12.8 Å². The van der Waals surface area contributed by atoms with Crippen LogP contribution in [0.25, 0.3) is 0 Å².